The fourth-order valence-corrected chi connectivity index (χ4v) is 5.44. The summed E-state index contributed by atoms with van der Waals surface area (Å²) < 4.78 is 0. The third-order valence-corrected chi connectivity index (χ3v) is 7.41. The molecule has 0 aliphatic heterocycles. The van der Waals surface area contributed by atoms with Crippen LogP contribution < -0.4 is 5.19 Å². The summed E-state index contributed by atoms with van der Waals surface area (Å²) in [6.45, 7) is 4.87. The molecule has 0 amide bonds. The van der Waals surface area contributed by atoms with E-state index in [2.05, 4.69) is 79.8 Å². The summed E-state index contributed by atoms with van der Waals surface area (Å²) in [6.07, 6.45) is 4.58. The van der Waals surface area contributed by atoms with Gasteiger partial charge >= 0.3 is 0 Å². The molecule has 0 saturated carbocycles. The van der Waals surface area contributed by atoms with Gasteiger partial charge in [0.1, 0.15) is 0 Å². The maximum absolute atomic E-state index is 2.43. The Morgan fingerprint density at radius 3 is 2.17 bits per heavy atom. The zero-order valence-electron chi connectivity index (χ0n) is 10.9. The van der Waals surface area contributed by atoms with E-state index in [0.29, 0.717) is 0 Å². The van der Waals surface area contributed by atoms with Gasteiger partial charge in [0, 0.05) is 5.54 Å². The first-order valence-corrected chi connectivity index (χ1v) is 9.40. The molecule has 0 unspecified atom stereocenters. The summed E-state index contributed by atoms with van der Waals surface area (Å²) >= 11 is 0. The molecule has 0 spiro atoms. The van der Waals surface area contributed by atoms with Crippen molar-refractivity contribution in [2.75, 3.05) is 0 Å². The number of fused-ring (bicyclic) bond motifs is 1. The van der Waals surface area contributed by atoms with Crippen molar-refractivity contribution in [2.24, 2.45) is 0 Å². The summed E-state index contributed by atoms with van der Waals surface area (Å²) in [5.74, 6) is 0. The van der Waals surface area contributed by atoms with Gasteiger partial charge in [-0.05, 0) is 11.1 Å². The highest BCUT2D eigenvalue weighted by Crippen LogP contribution is 2.35. The topological polar surface area (TPSA) is 0 Å². The maximum Gasteiger partial charge on any atom is 0.0966 e. The van der Waals surface area contributed by atoms with E-state index in [1.54, 1.807) is 5.54 Å². The Hall–Kier alpha value is -1.60. The lowest BCUT2D eigenvalue weighted by molar-refractivity contribution is 1.43. The van der Waals surface area contributed by atoms with E-state index < -0.39 is 8.07 Å². The molecule has 1 heteroatoms. The van der Waals surface area contributed by atoms with Gasteiger partial charge in [-0.1, -0.05) is 85.0 Å². The van der Waals surface area contributed by atoms with Crippen molar-refractivity contribution in [1.82, 2.24) is 0 Å². The predicted molar refractivity (Wildman–Crippen MR) is 81.4 cm³/mol. The zero-order chi connectivity index (χ0) is 12.6. The molecule has 2 aromatic carbocycles. The van der Waals surface area contributed by atoms with Crippen molar-refractivity contribution in [3.63, 3.8) is 0 Å². The molecule has 0 atom stereocenters. The van der Waals surface area contributed by atoms with Crippen LogP contribution in [0.15, 0.2) is 60.7 Å². The zero-order valence-corrected chi connectivity index (χ0v) is 11.9. The van der Waals surface area contributed by atoms with Crippen LogP contribution in [0.3, 0.4) is 0 Å². The molecule has 2 aromatic rings. The van der Waals surface area contributed by atoms with Gasteiger partial charge in [-0.25, -0.2) is 0 Å². The lowest BCUT2D eigenvalue weighted by Gasteiger charge is -2.29. The van der Waals surface area contributed by atoms with Gasteiger partial charge in [0.25, 0.3) is 0 Å². The normalized spacial score (nSPS) is 14.8. The van der Waals surface area contributed by atoms with Crippen LogP contribution in [-0.4, -0.2) is 8.07 Å². The van der Waals surface area contributed by atoms with E-state index >= 15 is 0 Å². The molecular formula is C17H17Si. The SMILES string of the molecule is C[Si](C)([C]1C=Cc2ccccc21)c1ccccc1. The minimum Gasteiger partial charge on any atom is -0.0748 e. The van der Waals surface area contributed by atoms with Crippen LogP contribution >= 0.6 is 0 Å². The summed E-state index contributed by atoms with van der Waals surface area (Å²) in [4.78, 5) is 0. The van der Waals surface area contributed by atoms with Gasteiger partial charge in [0.2, 0.25) is 0 Å². The van der Waals surface area contributed by atoms with Crippen molar-refractivity contribution < 1.29 is 0 Å². The Labute approximate surface area is 110 Å². The first-order valence-electron chi connectivity index (χ1n) is 6.40. The summed E-state index contributed by atoms with van der Waals surface area (Å²) in [5, 5.41) is 1.50. The molecule has 0 fully saturated rings. The average Bonchev–Trinajstić information content (AvgIpc) is 2.84. The Morgan fingerprint density at radius 1 is 0.722 bits per heavy atom. The van der Waals surface area contributed by atoms with Gasteiger partial charge < -0.3 is 0 Å². The van der Waals surface area contributed by atoms with Crippen LogP contribution in [0, 0.1) is 5.54 Å². The monoisotopic (exact) mass is 249 g/mol. The van der Waals surface area contributed by atoms with Crippen molar-refractivity contribution in [1.29, 1.82) is 0 Å². The minimum absolute atomic E-state index is 1.36. The molecule has 0 bridgehead atoms. The van der Waals surface area contributed by atoms with E-state index in [1.165, 1.54) is 16.3 Å². The van der Waals surface area contributed by atoms with E-state index in [1.807, 2.05) is 0 Å². The highest BCUT2D eigenvalue weighted by Gasteiger charge is 2.36. The third kappa shape index (κ3) is 1.75. The minimum atomic E-state index is -1.57. The summed E-state index contributed by atoms with van der Waals surface area (Å²) in [5.41, 5.74) is 4.34. The van der Waals surface area contributed by atoms with Gasteiger partial charge in [0.05, 0.1) is 8.07 Å². The molecular weight excluding hydrogens is 232 g/mol. The van der Waals surface area contributed by atoms with Crippen LogP contribution in [-0.2, 0) is 0 Å². The third-order valence-electron chi connectivity index (χ3n) is 3.85. The fraction of sp³-hybridized carbons (Fsp3) is 0.118. The molecule has 0 heterocycles. The number of hydrogen-bond acceptors (Lipinski definition) is 0. The molecule has 3 rings (SSSR count). The number of allylic oxidation sites excluding steroid dienone is 1. The van der Waals surface area contributed by atoms with Crippen molar-refractivity contribution >= 4 is 19.3 Å². The number of hydrogen-bond donors (Lipinski definition) is 0. The van der Waals surface area contributed by atoms with Crippen molar-refractivity contribution in [2.45, 2.75) is 13.1 Å². The first-order chi connectivity index (χ1) is 8.69. The molecule has 1 radical (unpaired) electrons. The van der Waals surface area contributed by atoms with Crippen molar-refractivity contribution in [3.8, 4) is 0 Å². The second-order valence-electron chi connectivity index (χ2n) is 5.33. The molecule has 89 valence electrons. The van der Waals surface area contributed by atoms with Gasteiger partial charge in [-0.3, -0.25) is 0 Å². The Balaban J connectivity index is 2.05. The van der Waals surface area contributed by atoms with E-state index in [0.717, 1.165) is 0 Å². The van der Waals surface area contributed by atoms with Crippen LogP contribution in [0.25, 0.3) is 6.08 Å². The summed E-state index contributed by atoms with van der Waals surface area (Å²) in [6, 6.07) is 19.6. The fourth-order valence-electron chi connectivity index (χ4n) is 2.71. The standard InChI is InChI=1S/C17H17Si/c1-18(2,15-9-4-3-5-10-15)17-13-12-14-8-6-7-11-16(14)17/h3-13H,1-2H3. The second-order valence-corrected chi connectivity index (χ2v) is 9.69. The smallest absolute Gasteiger partial charge is 0.0748 e. The van der Waals surface area contributed by atoms with E-state index in [-0.39, 0.29) is 0 Å². The van der Waals surface area contributed by atoms with Crippen LogP contribution in [0.2, 0.25) is 13.1 Å². The molecule has 0 N–H and O–H groups in total. The molecule has 1 aliphatic rings. The van der Waals surface area contributed by atoms with E-state index in [4.69, 9.17) is 0 Å². The molecule has 0 saturated heterocycles. The van der Waals surface area contributed by atoms with Crippen molar-refractivity contribution in [3.05, 3.63) is 77.3 Å². The lowest BCUT2D eigenvalue weighted by Crippen LogP contribution is -2.47. The van der Waals surface area contributed by atoms with Gasteiger partial charge in [-0.15, -0.1) is 0 Å². The Kier molecular flexibility index (Phi) is 2.71. The van der Waals surface area contributed by atoms with Crippen LogP contribution in [0.5, 0.6) is 0 Å². The lowest BCUT2D eigenvalue weighted by atomic mass is 10.1. The largest absolute Gasteiger partial charge is 0.0966 e. The van der Waals surface area contributed by atoms with Gasteiger partial charge in [-0.2, -0.15) is 0 Å². The number of benzene rings is 2. The van der Waals surface area contributed by atoms with Gasteiger partial charge in [0.15, 0.2) is 0 Å². The quantitative estimate of drug-likeness (QED) is 0.710. The predicted octanol–water partition coefficient (Wildman–Crippen LogP) is 3.79. The molecule has 0 aromatic heterocycles. The van der Waals surface area contributed by atoms with Crippen LogP contribution in [0.1, 0.15) is 11.1 Å². The highest BCUT2D eigenvalue weighted by atomic mass is 28.3. The maximum atomic E-state index is 2.43. The highest BCUT2D eigenvalue weighted by molar-refractivity contribution is 6.95. The van der Waals surface area contributed by atoms with E-state index in [9.17, 15) is 0 Å². The Bertz CT molecular complexity index is 582. The average molecular weight is 249 g/mol. The number of rotatable bonds is 2. The Morgan fingerprint density at radius 2 is 1.39 bits per heavy atom. The summed E-state index contributed by atoms with van der Waals surface area (Å²) in [7, 11) is -1.57. The second kappa shape index (κ2) is 4.25. The molecule has 18 heavy (non-hydrogen) atoms. The molecule has 1 aliphatic carbocycles. The first kappa shape index (κ1) is 11.5. The van der Waals surface area contributed by atoms with Crippen LogP contribution in [0.4, 0.5) is 0 Å². The molecule has 0 nitrogen and oxygen atoms in total.